The molecule has 4 nitrogen and oxygen atoms in total. The van der Waals surface area contributed by atoms with Crippen LogP contribution in [0.15, 0.2) is 146 Å². The zero-order chi connectivity index (χ0) is 30.8. The van der Waals surface area contributed by atoms with Gasteiger partial charge in [-0.05, 0) is 53.6 Å². The van der Waals surface area contributed by atoms with Crippen molar-refractivity contribution in [3.63, 3.8) is 0 Å². The Balaban J connectivity index is 1.31. The summed E-state index contributed by atoms with van der Waals surface area (Å²) in [5.74, 6) is 0.721. The highest BCUT2D eigenvalue weighted by Gasteiger charge is 2.40. The summed E-state index contributed by atoms with van der Waals surface area (Å²) in [4.78, 5) is 15.1. The lowest BCUT2D eigenvalue weighted by Crippen LogP contribution is -2.17. The van der Waals surface area contributed by atoms with Crippen LogP contribution in [-0.4, -0.2) is 19.5 Å². The number of pyridine rings is 1. The first-order valence-electron chi connectivity index (χ1n) is 15.7. The molecule has 8 aromatic rings. The van der Waals surface area contributed by atoms with Gasteiger partial charge in [-0.2, -0.15) is 0 Å². The molecule has 3 aromatic heterocycles. The average molecular weight is 591 g/mol. The third-order valence-corrected chi connectivity index (χ3v) is 9.47. The second-order valence-corrected chi connectivity index (χ2v) is 12.5. The Morgan fingerprint density at radius 1 is 0.543 bits per heavy atom. The lowest BCUT2D eigenvalue weighted by Gasteiger charge is -2.24. The fourth-order valence-electron chi connectivity index (χ4n) is 7.30. The lowest BCUT2D eigenvalue weighted by atomic mass is 9.80. The fourth-order valence-corrected chi connectivity index (χ4v) is 7.30. The molecule has 1 aliphatic carbocycles. The first kappa shape index (κ1) is 26.5. The van der Waals surface area contributed by atoms with E-state index >= 15 is 0 Å². The highest BCUT2D eigenvalue weighted by molar-refractivity contribution is 6.10. The number of hydrogen-bond acceptors (Lipinski definition) is 3. The molecular weight excluding hydrogens is 560 g/mol. The van der Waals surface area contributed by atoms with Crippen molar-refractivity contribution in [1.82, 2.24) is 19.5 Å². The number of aromatic nitrogens is 4. The zero-order valence-electron chi connectivity index (χ0n) is 25.6. The van der Waals surface area contributed by atoms with Crippen LogP contribution in [0.5, 0.6) is 0 Å². The minimum Gasteiger partial charge on any atom is -0.309 e. The van der Waals surface area contributed by atoms with Crippen molar-refractivity contribution in [3.8, 4) is 50.7 Å². The van der Waals surface area contributed by atoms with Crippen LogP contribution in [0.1, 0.15) is 25.0 Å². The summed E-state index contributed by atoms with van der Waals surface area (Å²) >= 11 is 0. The quantitative estimate of drug-likeness (QED) is 0.205. The van der Waals surface area contributed by atoms with Gasteiger partial charge in [0, 0.05) is 62.1 Å². The highest BCUT2D eigenvalue weighted by atomic mass is 15.0. The largest absolute Gasteiger partial charge is 0.309 e. The van der Waals surface area contributed by atoms with Gasteiger partial charge in [0.1, 0.15) is 0 Å². The molecule has 5 aromatic carbocycles. The normalized spacial score (nSPS) is 13.2. The summed E-state index contributed by atoms with van der Waals surface area (Å²) in [6.07, 6.45) is 3.70. The van der Waals surface area contributed by atoms with E-state index in [4.69, 9.17) is 9.97 Å². The van der Waals surface area contributed by atoms with E-state index in [1.807, 2.05) is 12.3 Å². The summed E-state index contributed by atoms with van der Waals surface area (Å²) in [7, 11) is 0. The van der Waals surface area contributed by atoms with Crippen LogP contribution in [-0.2, 0) is 5.41 Å². The fraction of sp³-hybridized carbons (Fsp3) is 0.0714. The molecule has 9 rings (SSSR count). The summed E-state index contributed by atoms with van der Waals surface area (Å²) in [6, 6.07) is 47.3. The maximum absolute atomic E-state index is 5.42. The van der Waals surface area contributed by atoms with Crippen molar-refractivity contribution >= 4 is 21.8 Å². The summed E-state index contributed by atoms with van der Waals surface area (Å²) < 4.78 is 2.36. The van der Waals surface area contributed by atoms with Crippen LogP contribution in [0.3, 0.4) is 0 Å². The monoisotopic (exact) mass is 590 g/mol. The molecule has 1 aliphatic rings. The smallest absolute Gasteiger partial charge is 0.160 e. The third-order valence-electron chi connectivity index (χ3n) is 9.47. The van der Waals surface area contributed by atoms with E-state index in [1.54, 1.807) is 6.20 Å². The standard InChI is InChI=1S/C42H30N4/c1-42(2)35-19-8-6-18-33(35)40-38(42)39(44-41(45-40)29-13-10-12-27(24-29)30-14-11-23-43-26-30)28-21-22-37-34(25-28)32-17-7-9-20-36(32)46(37)31-15-4-3-5-16-31/h3-26H,1-2H3. The predicted octanol–water partition coefficient (Wildman–Crippen LogP) is 10.3. The summed E-state index contributed by atoms with van der Waals surface area (Å²) in [5.41, 5.74) is 13.1. The van der Waals surface area contributed by atoms with Crippen LogP contribution in [0.2, 0.25) is 0 Å². The molecule has 0 atom stereocenters. The number of rotatable bonds is 4. The molecule has 218 valence electrons. The molecule has 4 heteroatoms. The number of nitrogens with zero attached hydrogens (tertiary/aromatic N) is 4. The molecule has 0 amide bonds. The Kier molecular flexibility index (Phi) is 5.81. The van der Waals surface area contributed by atoms with E-state index in [1.165, 1.54) is 38.5 Å². The second kappa shape index (κ2) is 10.1. The third kappa shape index (κ3) is 3.97. The van der Waals surface area contributed by atoms with Gasteiger partial charge in [0.05, 0.1) is 22.4 Å². The maximum Gasteiger partial charge on any atom is 0.160 e. The van der Waals surface area contributed by atoms with Gasteiger partial charge in [0.25, 0.3) is 0 Å². The zero-order valence-corrected chi connectivity index (χ0v) is 25.6. The topological polar surface area (TPSA) is 43.6 Å². The molecule has 0 spiro atoms. The Morgan fingerprint density at radius 2 is 1.28 bits per heavy atom. The predicted molar refractivity (Wildman–Crippen MR) is 188 cm³/mol. The van der Waals surface area contributed by atoms with Crippen LogP contribution in [0, 0.1) is 0 Å². The van der Waals surface area contributed by atoms with Gasteiger partial charge >= 0.3 is 0 Å². The number of hydrogen-bond donors (Lipinski definition) is 0. The first-order valence-corrected chi connectivity index (χ1v) is 15.7. The molecule has 0 bridgehead atoms. The number of fused-ring (bicyclic) bond motifs is 6. The van der Waals surface area contributed by atoms with E-state index < -0.39 is 0 Å². The van der Waals surface area contributed by atoms with Gasteiger partial charge in [0.15, 0.2) is 5.82 Å². The van der Waals surface area contributed by atoms with Crippen LogP contribution in [0.25, 0.3) is 72.5 Å². The molecule has 0 radical (unpaired) electrons. The van der Waals surface area contributed by atoms with E-state index in [0.29, 0.717) is 0 Å². The lowest BCUT2D eigenvalue weighted by molar-refractivity contribution is 0.658. The number of benzene rings is 5. The Morgan fingerprint density at radius 3 is 2.15 bits per heavy atom. The molecule has 0 unspecified atom stereocenters. The van der Waals surface area contributed by atoms with Crippen molar-refractivity contribution in [2.75, 3.05) is 0 Å². The Labute approximate surface area is 267 Å². The van der Waals surface area contributed by atoms with Gasteiger partial charge in [-0.1, -0.05) is 105 Å². The maximum atomic E-state index is 5.42. The Bertz CT molecular complexity index is 2440. The molecule has 0 N–H and O–H groups in total. The van der Waals surface area contributed by atoms with Gasteiger partial charge < -0.3 is 4.57 Å². The van der Waals surface area contributed by atoms with Gasteiger partial charge in [-0.25, -0.2) is 9.97 Å². The molecule has 3 heterocycles. The van der Waals surface area contributed by atoms with Crippen molar-refractivity contribution in [2.24, 2.45) is 0 Å². The Hall–Kier alpha value is -5.87. The molecule has 0 saturated carbocycles. The summed E-state index contributed by atoms with van der Waals surface area (Å²) in [6.45, 7) is 4.60. The first-order chi connectivity index (χ1) is 22.6. The van der Waals surface area contributed by atoms with Gasteiger partial charge in [-0.15, -0.1) is 0 Å². The van der Waals surface area contributed by atoms with Crippen LogP contribution >= 0.6 is 0 Å². The van der Waals surface area contributed by atoms with Crippen molar-refractivity contribution < 1.29 is 0 Å². The van der Waals surface area contributed by atoms with Crippen LogP contribution < -0.4 is 0 Å². The number of para-hydroxylation sites is 2. The van der Waals surface area contributed by atoms with Crippen LogP contribution in [0.4, 0.5) is 0 Å². The molecule has 0 fully saturated rings. The average Bonchev–Trinajstić information content (AvgIpc) is 3.57. The minimum absolute atomic E-state index is 0.260. The molecule has 0 saturated heterocycles. The SMILES string of the molecule is CC1(C)c2ccccc2-c2nc(-c3cccc(-c4cccnc4)c3)nc(-c3ccc4c(c3)c3ccccc3n4-c3ccccc3)c21. The summed E-state index contributed by atoms with van der Waals surface area (Å²) in [5, 5.41) is 2.43. The van der Waals surface area contributed by atoms with Crippen molar-refractivity contribution in [1.29, 1.82) is 0 Å². The van der Waals surface area contributed by atoms with Gasteiger partial charge in [0.2, 0.25) is 0 Å². The molecular formula is C42H30N4. The highest BCUT2D eigenvalue weighted by Crippen LogP contribution is 2.51. The van der Waals surface area contributed by atoms with Crippen molar-refractivity contribution in [3.05, 3.63) is 157 Å². The molecule has 46 heavy (non-hydrogen) atoms. The van der Waals surface area contributed by atoms with E-state index in [2.05, 4.69) is 151 Å². The minimum atomic E-state index is -0.260. The van der Waals surface area contributed by atoms with E-state index in [-0.39, 0.29) is 5.41 Å². The van der Waals surface area contributed by atoms with Crippen molar-refractivity contribution in [2.45, 2.75) is 19.3 Å². The van der Waals surface area contributed by atoms with Gasteiger partial charge in [-0.3, -0.25) is 4.98 Å². The van der Waals surface area contributed by atoms with E-state index in [9.17, 15) is 0 Å². The second-order valence-electron chi connectivity index (χ2n) is 12.5. The van der Waals surface area contributed by atoms with E-state index in [0.717, 1.165) is 45.2 Å². The molecule has 0 aliphatic heterocycles.